The van der Waals surface area contributed by atoms with Crippen molar-refractivity contribution in [3.8, 4) is 11.1 Å². The largest absolute Gasteiger partial charge is 0.298 e. The fourth-order valence-electron chi connectivity index (χ4n) is 1.85. The summed E-state index contributed by atoms with van der Waals surface area (Å²) in [5.74, 6) is -0.302. The molecule has 0 saturated carbocycles. The lowest BCUT2D eigenvalue weighted by Crippen LogP contribution is -1.92. The number of benzene rings is 2. The number of hydrogen-bond acceptors (Lipinski definition) is 1. The molecule has 0 heterocycles. The lowest BCUT2D eigenvalue weighted by atomic mass is 9.96. The molecule has 2 aromatic carbocycles. The van der Waals surface area contributed by atoms with Crippen LogP contribution >= 0.6 is 0 Å². The van der Waals surface area contributed by atoms with Crippen LogP contribution in [0.25, 0.3) is 11.1 Å². The van der Waals surface area contributed by atoms with Gasteiger partial charge in [-0.2, -0.15) is 0 Å². The summed E-state index contributed by atoms with van der Waals surface area (Å²) in [6.07, 6.45) is 0.760. The molecule has 0 aliphatic rings. The Kier molecular flexibility index (Phi) is 3.05. The summed E-state index contributed by atoms with van der Waals surface area (Å²) in [6, 6.07) is 10.3. The summed E-state index contributed by atoms with van der Waals surface area (Å²) in [4.78, 5) is 11.0. The van der Waals surface area contributed by atoms with Gasteiger partial charge in [-0.15, -0.1) is 0 Å². The topological polar surface area (TPSA) is 17.1 Å². The minimum Gasteiger partial charge on any atom is -0.298 e. The molecule has 0 saturated heterocycles. The van der Waals surface area contributed by atoms with Crippen LogP contribution in [0.3, 0.4) is 0 Å². The Balaban J connectivity index is 2.70. The Bertz CT molecular complexity index is 573. The molecule has 0 bridgehead atoms. The zero-order valence-electron chi connectivity index (χ0n) is 9.83. The number of hydrogen-bond donors (Lipinski definition) is 0. The highest BCUT2D eigenvalue weighted by Gasteiger charge is 2.09. The summed E-state index contributed by atoms with van der Waals surface area (Å²) in [7, 11) is 0. The molecule has 2 heteroatoms. The first-order valence-corrected chi connectivity index (χ1v) is 5.44. The van der Waals surface area contributed by atoms with Crippen molar-refractivity contribution in [2.75, 3.05) is 0 Å². The third kappa shape index (κ3) is 2.26. The van der Waals surface area contributed by atoms with Crippen LogP contribution in [-0.2, 0) is 0 Å². The van der Waals surface area contributed by atoms with Gasteiger partial charge in [-0.3, -0.25) is 4.79 Å². The van der Waals surface area contributed by atoms with E-state index < -0.39 is 0 Å². The SMILES string of the molecule is Cc1ccc(F)c(-c2cc(C)ccc2C=O)c1. The molecule has 0 fully saturated rings. The molecule has 0 amide bonds. The quantitative estimate of drug-likeness (QED) is 0.712. The Hall–Kier alpha value is -1.96. The normalized spacial score (nSPS) is 10.3. The molecule has 0 spiro atoms. The third-order valence-corrected chi connectivity index (χ3v) is 2.75. The fraction of sp³-hybridized carbons (Fsp3) is 0.133. The molecule has 0 unspecified atom stereocenters. The number of aldehydes is 1. The molecule has 1 nitrogen and oxygen atoms in total. The second kappa shape index (κ2) is 4.50. The monoisotopic (exact) mass is 228 g/mol. The van der Waals surface area contributed by atoms with Crippen LogP contribution in [0.4, 0.5) is 4.39 Å². The van der Waals surface area contributed by atoms with Crippen molar-refractivity contribution in [3.63, 3.8) is 0 Å². The average Bonchev–Trinajstić information content (AvgIpc) is 2.32. The smallest absolute Gasteiger partial charge is 0.150 e. The first-order chi connectivity index (χ1) is 8.11. The minimum atomic E-state index is -0.302. The van der Waals surface area contributed by atoms with Crippen molar-refractivity contribution in [3.05, 3.63) is 58.9 Å². The highest BCUT2D eigenvalue weighted by atomic mass is 19.1. The number of aryl methyl sites for hydroxylation is 2. The molecule has 2 rings (SSSR count). The maximum atomic E-state index is 13.8. The van der Waals surface area contributed by atoms with Gasteiger partial charge in [-0.05, 0) is 31.5 Å². The Morgan fingerprint density at radius 1 is 0.941 bits per heavy atom. The molecular weight excluding hydrogens is 215 g/mol. The summed E-state index contributed by atoms with van der Waals surface area (Å²) in [6.45, 7) is 3.82. The molecule has 0 aliphatic heterocycles. The summed E-state index contributed by atoms with van der Waals surface area (Å²) >= 11 is 0. The zero-order chi connectivity index (χ0) is 12.4. The van der Waals surface area contributed by atoms with Gasteiger partial charge in [0, 0.05) is 11.1 Å². The van der Waals surface area contributed by atoms with Crippen LogP contribution in [0.1, 0.15) is 21.5 Å². The molecule has 0 aliphatic carbocycles. The maximum absolute atomic E-state index is 13.8. The predicted molar refractivity (Wildman–Crippen MR) is 66.7 cm³/mol. The van der Waals surface area contributed by atoms with Crippen molar-refractivity contribution in [1.82, 2.24) is 0 Å². The van der Waals surface area contributed by atoms with E-state index in [2.05, 4.69) is 0 Å². The average molecular weight is 228 g/mol. The van der Waals surface area contributed by atoms with E-state index >= 15 is 0 Å². The van der Waals surface area contributed by atoms with Gasteiger partial charge in [0.15, 0.2) is 6.29 Å². The van der Waals surface area contributed by atoms with Crippen LogP contribution < -0.4 is 0 Å². The number of carbonyl (C=O) groups is 1. The van der Waals surface area contributed by atoms with Crippen molar-refractivity contribution in [2.24, 2.45) is 0 Å². The van der Waals surface area contributed by atoms with E-state index in [4.69, 9.17) is 0 Å². The molecular formula is C15H13FO. The van der Waals surface area contributed by atoms with E-state index in [-0.39, 0.29) is 5.82 Å². The number of rotatable bonds is 2. The van der Waals surface area contributed by atoms with Gasteiger partial charge in [-0.1, -0.05) is 35.4 Å². The van der Waals surface area contributed by atoms with Crippen molar-refractivity contribution in [1.29, 1.82) is 0 Å². The molecule has 0 radical (unpaired) electrons. The van der Waals surface area contributed by atoms with Crippen molar-refractivity contribution in [2.45, 2.75) is 13.8 Å². The Morgan fingerprint density at radius 2 is 1.53 bits per heavy atom. The van der Waals surface area contributed by atoms with Crippen LogP contribution in [-0.4, -0.2) is 6.29 Å². The van der Waals surface area contributed by atoms with Crippen LogP contribution in [0.5, 0.6) is 0 Å². The van der Waals surface area contributed by atoms with Crippen LogP contribution in [0, 0.1) is 19.7 Å². The standard InChI is InChI=1S/C15H13FO/c1-10-3-5-12(9-17)13(7-10)14-8-11(2)4-6-15(14)16/h3-9H,1-2H3. The molecule has 86 valence electrons. The lowest BCUT2D eigenvalue weighted by molar-refractivity contribution is 0.112. The van der Waals surface area contributed by atoms with Crippen molar-refractivity contribution >= 4 is 6.29 Å². The Labute approximate surface area is 99.9 Å². The molecule has 0 atom stereocenters. The van der Waals surface area contributed by atoms with Gasteiger partial charge in [0.2, 0.25) is 0 Å². The van der Waals surface area contributed by atoms with Gasteiger partial charge in [0.1, 0.15) is 5.82 Å². The first-order valence-electron chi connectivity index (χ1n) is 5.44. The zero-order valence-corrected chi connectivity index (χ0v) is 9.83. The van der Waals surface area contributed by atoms with E-state index in [0.717, 1.165) is 17.4 Å². The lowest BCUT2D eigenvalue weighted by Gasteiger charge is -2.08. The van der Waals surface area contributed by atoms with Crippen LogP contribution in [0.15, 0.2) is 36.4 Å². The van der Waals surface area contributed by atoms with Crippen LogP contribution in [0.2, 0.25) is 0 Å². The van der Waals surface area contributed by atoms with E-state index in [1.165, 1.54) is 6.07 Å². The Morgan fingerprint density at radius 3 is 2.18 bits per heavy atom. The second-order valence-corrected chi connectivity index (χ2v) is 4.19. The summed E-state index contributed by atoms with van der Waals surface area (Å²) < 4.78 is 13.8. The number of carbonyl (C=O) groups excluding carboxylic acids is 1. The van der Waals surface area contributed by atoms with E-state index in [1.807, 2.05) is 26.0 Å². The van der Waals surface area contributed by atoms with Gasteiger partial charge in [0.25, 0.3) is 0 Å². The third-order valence-electron chi connectivity index (χ3n) is 2.75. The van der Waals surface area contributed by atoms with Gasteiger partial charge >= 0.3 is 0 Å². The van der Waals surface area contributed by atoms with Gasteiger partial charge < -0.3 is 0 Å². The number of halogens is 1. The highest BCUT2D eigenvalue weighted by Crippen LogP contribution is 2.27. The maximum Gasteiger partial charge on any atom is 0.150 e. The molecule has 2 aromatic rings. The van der Waals surface area contributed by atoms with E-state index in [0.29, 0.717) is 16.7 Å². The molecule has 17 heavy (non-hydrogen) atoms. The highest BCUT2D eigenvalue weighted by molar-refractivity contribution is 5.88. The van der Waals surface area contributed by atoms with Gasteiger partial charge in [0.05, 0.1) is 0 Å². The molecule has 0 aromatic heterocycles. The first kappa shape index (κ1) is 11.5. The summed E-state index contributed by atoms with van der Waals surface area (Å²) in [5, 5.41) is 0. The fourth-order valence-corrected chi connectivity index (χ4v) is 1.85. The second-order valence-electron chi connectivity index (χ2n) is 4.19. The summed E-state index contributed by atoms with van der Waals surface area (Å²) in [5.41, 5.74) is 3.63. The van der Waals surface area contributed by atoms with E-state index in [9.17, 15) is 9.18 Å². The minimum absolute atomic E-state index is 0.302. The van der Waals surface area contributed by atoms with Gasteiger partial charge in [-0.25, -0.2) is 4.39 Å². The predicted octanol–water partition coefficient (Wildman–Crippen LogP) is 3.92. The van der Waals surface area contributed by atoms with Crippen molar-refractivity contribution < 1.29 is 9.18 Å². The van der Waals surface area contributed by atoms with E-state index in [1.54, 1.807) is 18.2 Å². The molecule has 0 N–H and O–H groups in total.